The van der Waals surface area contributed by atoms with Crippen molar-refractivity contribution < 1.29 is 18.3 Å². The molecule has 0 radical (unpaired) electrons. The molecule has 23 heavy (non-hydrogen) atoms. The minimum absolute atomic E-state index is 0.0702. The molecule has 1 rings (SSSR count). The number of anilines is 1. The number of hydrogen-bond donors (Lipinski definition) is 1. The SMILES string of the molecule is C=N/C(Cl)=C\C(Cl)=C(/C)CNc1c(F)c(OC)cc(OC)c1F. The Morgan fingerprint density at radius 2 is 1.78 bits per heavy atom. The number of benzene rings is 1. The summed E-state index contributed by atoms with van der Waals surface area (Å²) in [4.78, 5) is 3.49. The molecule has 0 heterocycles. The fraction of sp³-hybridized carbons (Fsp3) is 0.267. The van der Waals surface area contributed by atoms with Gasteiger partial charge in [-0.3, -0.25) is 4.99 Å². The highest BCUT2D eigenvalue weighted by Gasteiger charge is 2.19. The number of ether oxygens (including phenoxy) is 2. The van der Waals surface area contributed by atoms with Crippen LogP contribution in [0.3, 0.4) is 0 Å². The van der Waals surface area contributed by atoms with Crippen LogP contribution in [-0.4, -0.2) is 27.5 Å². The molecule has 1 aromatic rings. The van der Waals surface area contributed by atoms with Crippen LogP contribution in [0.4, 0.5) is 14.5 Å². The maximum absolute atomic E-state index is 14.2. The number of nitrogens with one attached hydrogen (secondary N) is 1. The number of aliphatic imine (C=N–C) groups is 1. The molecule has 0 aliphatic heterocycles. The van der Waals surface area contributed by atoms with E-state index in [1.807, 2.05) is 0 Å². The van der Waals surface area contributed by atoms with Gasteiger partial charge in [0.15, 0.2) is 23.1 Å². The molecule has 4 nitrogen and oxygen atoms in total. The minimum Gasteiger partial charge on any atom is -0.493 e. The van der Waals surface area contributed by atoms with Crippen LogP contribution in [0.1, 0.15) is 6.92 Å². The number of rotatable bonds is 7. The molecule has 0 atom stereocenters. The van der Waals surface area contributed by atoms with E-state index in [1.165, 1.54) is 20.3 Å². The first kappa shape index (κ1) is 19.3. The lowest BCUT2D eigenvalue weighted by molar-refractivity contribution is 0.360. The summed E-state index contributed by atoms with van der Waals surface area (Å²) in [5.74, 6) is -2.01. The third-order valence-electron chi connectivity index (χ3n) is 2.91. The van der Waals surface area contributed by atoms with E-state index in [-0.39, 0.29) is 33.9 Å². The molecule has 0 amide bonds. The summed E-state index contributed by atoms with van der Waals surface area (Å²) < 4.78 is 38.1. The molecule has 0 aromatic heterocycles. The average Bonchev–Trinajstić information content (AvgIpc) is 2.54. The van der Waals surface area contributed by atoms with E-state index in [0.29, 0.717) is 5.57 Å². The molecule has 0 fully saturated rings. The third-order valence-corrected chi connectivity index (χ3v) is 3.57. The molecule has 1 N–H and O–H groups in total. The van der Waals surface area contributed by atoms with Crippen molar-refractivity contribution in [3.05, 3.63) is 39.5 Å². The van der Waals surface area contributed by atoms with Crippen LogP contribution in [0.25, 0.3) is 0 Å². The van der Waals surface area contributed by atoms with Gasteiger partial charge in [-0.1, -0.05) is 23.2 Å². The van der Waals surface area contributed by atoms with Crippen molar-refractivity contribution in [2.75, 3.05) is 26.1 Å². The lowest BCUT2D eigenvalue weighted by Crippen LogP contribution is -2.09. The zero-order valence-corrected chi connectivity index (χ0v) is 14.4. The first-order chi connectivity index (χ1) is 10.8. The van der Waals surface area contributed by atoms with Gasteiger partial charge < -0.3 is 14.8 Å². The molecule has 0 aliphatic rings. The fourth-order valence-corrected chi connectivity index (χ4v) is 1.95. The van der Waals surface area contributed by atoms with E-state index in [2.05, 4.69) is 17.0 Å². The highest BCUT2D eigenvalue weighted by Crippen LogP contribution is 2.35. The molecular weight excluding hydrogens is 349 g/mol. The van der Waals surface area contributed by atoms with Crippen LogP contribution >= 0.6 is 23.2 Å². The Kier molecular flexibility index (Phi) is 7.32. The predicted molar refractivity (Wildman–Crippen MR) is 90.0 cm³/mol. The maximum Gasteiger partial charge on any atom is 0.191 e. The van der Waals surface area contributed by atoms with Crippen molar-refractivity contribution in [3.8, 4) is 11.5 Å². The predicted octanol–water partition coefficient (Wildman–Crippen LogP) is 4.69. The highest BCUT2D eigenvalue weighted by atomic mass is 35.5. The fourth-order valence-electron chi connectivity index (χ4n) is 1.62. The van der Waals surface area contributed by atoms with Crippen molar-refractivity contribution in [1.82, 2.24) is 0 Å². The van der Waals surface area contributed by atoms with Crippen LogP contribution in [-0.2, 0) is 0 Å². The Balaban J connectivity index is 3.10. The Morgan fingerprint density at radius 3 is 2.22 bits per heavy atom. The summed E-state index contributed by atoms with van der Waals surface area (Å²) in [6.07, 6.45) is 1.38. The van der Waals surface area contributed by atoms with Crippen molar-refractivity contribution in [2.24, 2.45) is 4.99 Å². The highest BCUT2D eigenvalue weighted by molar-refractivity contribution is 6.34. The Hall–Kier alpha value is -1.79. The Bertz CT molecular complexity index is 633. The van der Waals surface area contributed by atoms with Crippen molar-refractivity contribution in [2.45, 2.75) is 6.92 Å². The van der Waals surface area contributed by atoms with Crippen molar-refractivity contribution in [1.29, 1.82) is 0 Å². The summed E-state index contributed by atoms with van der Waals surface area (Å²) in [6.45, 7) is 5.00. The number of halogens is 4. The summed E-state index contributed by atoms with van der Waals surface area (Å²) in [7, 11) is 2.55. The van der Waals surface area contributed by atoms with Gasteiger partial charge in [-0.25, -0.2) is 8.78 Å². The van der Waals surface area contributed by atoms with Gasteiger partial charge in [0.05, 0.1) is 14.2 Å². The van der Waals surface area contributed by atoms with Crippen LogP contribution in [0.2, 0.25) is 0 Å². The Morgan fingerprint density at radius 1 is 1.26 bits per heavy atom. The van der Waals surface area contributed by atoms with Crippen LogP contribution in [0, 0.1) is 11.6 Å². The lowest BCUT2D eigenvalue weighted by atomic mass is 10.2. The molecule has 0 spiro atoms. The second kappa shape index (κ2) is 8.74. The van der Waals surface area contributed by atoms with Gasteiger partial charge in [0.2, 0.25) is 0 Å². The number of allylic oxidation sites excluding steroid dienone is 2. The molecule has 0 bridgehead atoms. The second-order valence-electron chi connectivity index (χ2n) is 4.39. The van der Waals surface area contributed by atoms with E-state index < -0.39 is 11.6 Å². The molecule has 0 aliphatic carbocycles. The van der Waals surface area contributed by atoms with Gasteiger partial charge in [-0.05, 0) is 25.3 Å². The molecule has 8 heteroatoms. The van der Waals surface area contributed by atoms with Gasteiger partial charge >= 0.3 is 0 Å². The molecular formula is C15H16Cl2F2N2O2. The van der Waals surface area contributed by atoms with Gasteiger partial charge in [0.25, 0.3) is 0 Å². The quantitative estimate of drug-likeness (QED) is 0.433. The van der Waals surface area contributed by atoms with Gasteiger partial charge in [-0.15, -0.1) is 0 Å². The van der Waals surface area contributed by atoms with Crippen LogP contribution in [0.15, 0.2) is 32.9 Å². The van der Waals surface area contributed by atoms with Crippen LogP contribution < -0.4 is 14.8 Å². The average molecular weight is 365 g/mol. The van der Waals surface area contributed by atoms with Crippen molar-refractivity contribution in [3.63, 3.8) is 0 Å². The monoisotopic (exact) mass is 364 g/mol. The molecule has 0 unspecified atom stereocenters. The van der Waals surface area contributed by atoms with E-state index in [9.17, 15) is 8.78 Å². The third kappa shape index (κ3) is 4.84. The normalized spacial score (nSPS) is 12.6. The molecule has 126 valence electrons. The van der Waals surface area contributed by atoms with E-state index in [1.54, 1.807) is 6.92 Å². The van der Waals surface area contributed by atoms with E-state index >= 15 is 0 Å². The molecule has 0 saturated heterocycles. The number of methoxy groups -OCH3 is 2. The first-order valence-corrected chi connectivity index (χ1v) is 7.14. The zero-order valence-electron chi connectivity index (χ0n) is 12.8. The first-order valence-electron chi connectivity index (χ1n) is 6.38. The van der Waals surface area contributed by atoms with Gasteiger partial charge in [0.1, 0.15) is 10.8 Å². The topological polar surface area (TPSA) is 42.9 Å². The summed E-state index contributed by atoms with van der Waals surface area (Å²) >= 11 is 11.7. The zero-order chi connectivity index (χ0) is 17.6. The molecule has 1 aromatic carbocycles. The number of hydrogen-bond acceptors (Lipinski definition) is 4. The summed E-state index contributed by atoms with van der Waals surface area (Å²) in [6, 6.07) is 1.13. The summed E-state index contributed by atoms with van der Waals surface area (Å²) in [5.41, 5.74) is 0.219. The molecule has 0 saturated carbocycles. The maximum atomic E-state index is 14.2. The Labute approximate surface area is 143 Å². The minimum atomic E-state index is -0.865. The second-order valence-corrected chi connectivity index (χ2v) is 5.19. The van der Waals surface area contributed by atoms with E-state index in [0.717, 1.165) is 6.07 Å². The smallest absolute Gasteiger partial charge is 0.191 e. The largest absolute Gasteiger partial charge is 0.493 e. The van der Waals surface area contributed by atoms with Gasteiger partial charge in [-0.2, -0.15) is 0 Å². The standard InChI is InChI=1S/C15H16Cl2F2N2O2/c1-8(9(16)5-12(17)20-2)7-21-15-13(18)10(22-3)6-11(23-4)14(15)19/h5-6,21H,2,7H2,1,3-4H3/b9-8-,12-5-. The van der Waals surface area contributed by atoms with E-state index in [4.69, 9.17) is 32.7 Å². The van der Waals surface area contributed by atoms with Crippen LogP contribution in [0.5, 0.6) is 11.5 Å². The lowest BCUT2D eigenvalue weighted by Gasteiger charge is -2.14. The van der Waals surface area contributed by atoms with Gasteiger partial charge in [0, 0.05) is 17.6 Å². The number of nitrogens with zero attached hydrogens (tertiary/aromatic N) is 1. The van der Waals surface area contributed by atoms with Crippen molar-refractivity contribution >= 4 is 35.6 Å². The summed E-state index contributed by atoms with van der Waals surface area (Å²) in [5, 5.41) is 3.02.